The van der Waals surface area contributed by atoms with Gasteiger partial charge in [0.2, 0.25) is 5.91 Å². The third-order valence-electron chi connectivity index (χ3n) is 4.63. The Morgan fingerprint density at radius 3 is 3.08 bits per heavy atom. The van der Waals surface area contributed by atoms with Crippen LogP contribution in [0.2, 0.25) is 0 Å². The van der Waals surface area contributed by atoms with E-state index < -0.39 is 0 Å². The Balaban J connectivity index is 1.58. The van der Waals surface area contributed by atoms with Crippen molar-refractivity contribution in [2.75, 3.05) is 13.7 Å². The van der Waals surface area contributed by atoms with Gasteiger partial charge in [-0.05, 0) is 17.7 Å². The van der Waals surface area contributed by atoms with Gasteiger partial charge < -0.3 is 19.6 Å². The third kappa shape index (κ3) is 2.56. The van der Waals surface area contributed by atoms with Crippen LogP contribution < -0.4 is 0 Å². The number of aromatic amines is 2. The molecular weight excluding hydrogens is 306 g/mol. The van der Waals surface area contributed by atoms with Crippen molar-refractivity contribution in [3.63, 3.8) is 0 Å². The first-order chi connectivity index (χ1) is 11.8. The monoisotopic (exact) mass is 325 g/mol. The van der Waals surface area contributed by atoms with Crippen LogP contribution in [0.1, 0.15) is 23.9 Å². The first-order valence-electron chi connectivity index (χ1n) is 7.98. The lowest BCUT2D eigenvalue weighted by atomic mass is 10.1. The van der Waals surface area contributed by atoms with Gasteiger partial charge in [0.25, 0.3) is 0 Å². The van der Waals surface area contributed by atoms with Gasteiger partial charge in [-0.2, -0.15) is 0 Å². The van der Waals surface area contributed by atoms with E-state index in [0.29, 0.717) is 13.0 Å². The largest absolute Gasteiger partial charge is 0.380 e. The molecule has 1 aliphatic heterocycles. The average Bonchev–Trinajstić information content (AvgIpc) is 3.34. The summed E-state index contributed by atoms with van der Waals surface area (Å²) >= 11 is 0. The number of hydrogen-bond donors (Lipinski definition) is 2. The van der Waals surface area contributed by atoms with Gasteiger partial charge in [0.1, 0.15) is 11.5 Å². The summed E-state index contributed by atoms with van der Waals surface area (Å²) in [6.45, 7) is 0.585. The van der Waals surface area contributed by atoms with Gasteiger partial charge in [-0.1, -0.05) is 0 Å². The molecule has 0 spiro atoms. The van der Waals surface area contributed by atoms with Gasteiger partial charge in [-0.15, -0.1) is 0 Å². The zero-order chi connectivity index (χ0) is 16.5. The number of nitrogens with one attached hydrogen (secondary N) is 2. The highest BCUT2D eigenvalue weighted by Gasteiger charge is 2.37. The van der Waals surface area contributed by atoms with E-state index in [1.165, 1.54) is 0 Å². The fourth-order valence-corrected chi connectivity index (χ4v) is 3.39. The van der Waals surface area contributed by atoms with Crippen molar-refractivity contribution in [1.82, 2.24) is 24.8 Å². The summed E-state index contributed by atoms with van der Waals surface area (Å²) in [6.07, 6.45) is 8.22. The standard InChI is InChI=1S/C17H19N5O2/c1-24-12-8-14(17-19-5-6-20-17)22(10-12)15(23)7-11-9-21-16-13(11)3-2-4-18-16/h2-6,9,12,14H,7-8,10H2,1H3,(H,18,21)(H,19,20)/t12-,14?/m1/s1. The van der Waals surface area contributed by atoms with E-state index in [4.69, 9.17) is 4.74 Å². The highest BCUT2D eigenvalue weighted by Crippen LogP contribution is 2.32. The van der Waals surface area contributed by atoms with Crippen LogP contribution in [0, 0.1) is 0 Å². The molecule has 0 aliphatic carbocycles. The number of aromatic nitrogens is 4. The minimum atomic E-state index is -0.0687. The Labute approximate surface area is 139 Å². The predicted octanol–water partition coefficient (Wildman–Crippen LogP) is 1.82. The molecule has 1 fully saturated rings. The molecule has 24 heavy (non-hydrogen) atoms. The van der Waals surface area contributed by atoms with Crippen LogP contribution in [0.25, 0.3) is 11.0 Å². The van der Waals surface area contributed by atoms with E-state index in [-0.39, 0.29) is 18.1 Å². The number of imidazole rings is 1. The van der Waals surface area contributed by atoms with Crippen molar-refractivity contribution in [2.24, 2.45) is 0 Å². The molecule has 7 heteroatoms. The van der Waals surface area contributed by atoms with Crippen molar-refractivity contribution < 1.29 is 9.53 Å². The molecular formula is C17H19N5O2. The maximum atomic E-state index is 12.9. The smallest absolute Gasteiger partial charge is 0.227 e. The van der Waals surface area contributed by atoms with Crippen molar-refractivity contribution in [3.05, 3.63) is 48.3 Å². The van der Waals surface area contributed by atoms with Crippen molar-refractivity contribution >= 4 is 16.9 Å². The lowest BCUT2D eigenvalue weighted by Gasteiger charge is -2.22. The Morgan fingerprint density at radius 2 is 2.29 bits per heavy atom. The van der Waals surface area contributed by atoms with Gasteiger partial charge >= 0.3 is 0 Å². The van der Waals surface area contributed by atoms with Gasteiger partial charge in [-0.3, -0.25) is 4.79 Å². The van der Waals surface area contributed by atoms with Crippen LogP contribution in [0.5, 0.6) is 0 Å². The summed E-state index contributed by atoms with van der Waals surface area (Å²) < 4.78 is 5.47. The summed E-state index contributed by atoms with van der Waals surface area (Å²) in [4.78, 5) is 29.6. The maximum Gasteiger partial charge on any atom is 0.227 e. The zero-order valence-electron chi connectivity index (χ0n) is 13.4. The van der Waals surface area contributed by atoms with E-state index in [2.05, 4.69) is 19.9 Å². The van der Waals surface area contributed by atoms with Crippen LogP contribution in [0.15, 0.2) is 36.9 Å². The van der Waals surface area contributed by atoms with Crippen molar-refractivity contribution in [2.45, 2.75) is 25.0 Å². The van der Waals surface area contributed by atoms with Crippen LogP contribution in [-0.2, 0) is 16.0 Å². The molecule has 0 saturated carbocycles. The molecule has 2 N–H and O–H groups in total. The van der Waals surface area contributed by atoms with Crippen LogP contribution in [0.3, 0.4) is 0 Å². The van der Waals surface area contributed by atoms with Crippen LogP contribution >= 0.6 is 0 Å². The third-order valence-corrected chi connectivity index (χ3v) is 4.63. The number of pyridine rings is 1. The molecule has 3 aromatic rings. The zero-order valence-corrected chi connectivity index (χ0v) is 13.4. The maximum absolute atomic E-state index is 12.9. The number of amides is 1. The number of methoxy groups -OCH3 is 1. The van der Waals surface area contributed by atoms with E-state index in [1.54, 1.807) is 25.7 Å². The molecule has 4 rings (SSSR count). The number of ether oxygens (including phenoxy) is 1. The second-order valence-corrected chi connectivity index (χ2v) is 6.02. The van der Waals surface area contributed by atoms with E-state index in [9.17, 15) is 4.79 Å². The first kappa shape index (κ1) is 14.9. The van der Waals surface area contributed by atoms with E-state index in [0.717, 1.165) is 28.8 Å². The summed E-state index contributed by atoms with van der Waals surface area (Å²) in [5.41, 5.74) is 1.77. The molecule has 7 nitrogen and oxygen atoms in total. The lowest BCUT2D eigenvalue weighted by molar-refractivity contribution is -0.131. The fourth-order valence-electron chi connectivity index (χ4n) is 3.39. The van der Waals surface area contributed by atoms with Gasteiger partial charge in [0.15, 0.2) is 0 Å². The highest BCUT2D eigenvalue weighted by molar-refractivity contribution is 5.87. The SMILES string of the molecule is CO[C@@H]1CC(c2ncc[nH]2)N(C(=O)Cc2c[nH]c3ncccc23)C1. The Hall–Kier alpha value is -2.67. The fraction of sp³-hybridized carbons (Fsp3) is 0.353. The van der Waals surface area contributed by atoms with Crippen molar-refractivity contribution in [1.29, 1.82) is 0 Å². The van der Waals surface area contributed by atoms with Gasteiger partial charge in [0, 0.05) is 50.2 Å². The number of fused-ring (bicyclic) bond motifs is 1. The molecule has 1 amide bonds. The summed E-state index contributed by atoms with van der Waals surface area (Å²) in [6, 6.07) is 3.79. The molecule has 1 unspecified atom stereocenters. The predicted molar refractivity (Wildman–Crippen MR) is 88.3 cm³/mol. The number of carbonyl (C=O) groups excluding carboxylic acids is 1. The minimum absolute atomic E-state index is 0.0358. The summed E-state index contributed by atoms with van der Waals surface area (Å²) in [5, 5.41) is 0.989. The molecule has 1 aliphatic rings. The number of carbonyl (C=O) groups is 1. The summed E-state index contributed by atoms with van der Waals surface area (Å²) in [5.74, 6) is 0.879. The Bertz CT molecular complexity index is 842. The molecule has 0 aromatic carbocycles. The number of likely N-dealkylation sites (tertiary alicyclic amines) is 1. The molecule has 3 aromatic heterocycles. The van der Waals surface area contributed by atoms with Crippen LogP contribution in [-0.4, -0.2) is 50.5 Å². The Morgan fingerprint density at radius 1 is 1.38 bits per heavy atom. The quantitative estimate of drug-likeness (QED) is 0.766. The second kappa shape index (κ2) is 6.09. The Kier molecular flexibility index (Phi) is 3.78. The molecule has 0 radical (unpaired) electrons. The van der Waals surface area contributed by atoms with E-state index >= 15 is 0 Å². The topological polar surface area (TPSA) is 86.9 Å². The highest BCUT2D eigenvalue weighted by atomic mass is 16.5. The average molecular weight is 325 g/mol. The first-order valence-corrected chi connectivity index (χ1v) is 7.98. The molecule has 4 heterocycles. The number of H-pyrrole nitrogens is 2. The lowest BCUT2D eigenvalue weighted by Crippen LogP contribution is -2.33. The van der Waals surface area contributed by atoms with Gasteiger partial charge in [-0.25, -0.2) is 9.97 Å². The summed E-state index contributed by atoms with van der Waals surface area (Å²) in [7, 11) is 1.68. The number of hydrogen-bond acceptors (Lipinski definition) is 4. The van der Waals surface area contributed by atoms with Crippen LogP contribution in [0.4, 0.5) is 0 Å². The number of nitrogens with zero attached hydrogens (tertiary/aromatic N) is 3. The molecule has 1 saturated heterocycles. The molecule has 2 atom stereocenters. The number of rotatable bonds is 4. The van der Waals surface area contributed by atoms with Crippen molar-refractivity contribution in [3.8, 4) is 0 Å². The minimum Gasteiger partial charge on any atom is -0.380 e. The molecule has 124 valence electrons. The van der Waals surface area contributed by atoms with E-state index in [1.807, 2.05) is 23.2 Å². The molecule has 0 bridgehead atoms. The van der Waals surface area contributed by atoms with Gasteiger partial charge in [0.05, 0.1) is 18.6 Å². The second-order valence-electron chi connectivity index (χ2n) is 6.02. The normalized spacial score (nSPS) is 20.8.